The Hall–Kier alpha value is -1.51. The molecule has 1 N–H and O–H groups in total. The molecule has 0 spiro atoms. The molecule has 0 aliphatic heterocycles. The van der Waals surface area contributed by atoms with Gasteiger partial charge in [-0.05, 0) is 49.9 Å². The van der Waals surface area contributed by atoms with Crippen molar-refractivity contribution >= 4 is 0 Å². The summed E-state index contributed by atoms with van der Waals surface area (Å²) < 4.78 is 0. The molecule has 4 nitrogen and oxygen atoms in total. The molecule has 1 aromatic rings. The minimum atomic E-state index is 0.591. The van der Waals surface area contributed by atoms with Gasteiger partial charge in [0.1, 0.15) is 0 Å². The summed E-state index contributed by atoms with van der Waals surface area (Å²) in [6.07, 6.45) is 4.48. The van der Waals surface area contributed by atoms with Crippen LogP contribution < -0.4 is 5.32 Å². The number of nitrogens with zero attached hydrogens (tertiary/aromatic N) is 3. The normalized spacial score (nSPS) is 9.88. The summed E-state index contributed by atoms with van der Waals surface area (Å²) in [5, 5.41) is 6.83. The molecule has 0 aromatic heterocycles. The minimum Gasteiger partial charge on any atom is -0.317 e. The molecule has 0 saturated carbocycles. The van der Waals surface area contributed by atoms with Crippen molar-refractivity contribution in [1.29, 1.82) is 0 Å². The Balaban J connectivity index is 1.89. The Morgan fingerprint density at radius 3 is 2.59 bits per heavy atom. The maximum atomic E-state index is 8.09. The van der Waals surface area contributed by atoms with Gasteiger partial charge in [0.2, 0.25) is 0 Å². The highest BCUT2D eigenvalue weighted by Gasteiger charge is 1.92. The van der Waals surface area contributed by atoms with Crippen LogP contribution in [0.3, 0.4) is 0 Å². The third kappa shape index (κ3) is 7.39. The number of hydrogen-bond acceptors (Lipinski definition) is 2. The Morgan fingerprint density at radius 2 is 1.82 bits per heavy atom. The summed E-state index contributed by atoms with van der Waals surface area (Å²) in [6.45, 7) is 2.57. The zero-order valence-electron chi connectivity index (χ0n) is 10.2. The van der Waals surface area contributed by atoms with Crippen LogP contribution in [-0.2, 0) is 6.42 Å². The molecule has 0 bridgehead atoms. The topological polar surface area (TPSA) is 60.8 Å². The molecule has 1 aromatic carbocycles. The fourth-order valence-corrected chi connectivity index (χ4v) is 1.67. The lowest BCUT2D eigenvalue weighted by Crippen LogP contribution is -2.17. The standard InChI is InChI=1S/C13H20N4/c14-17-16-12-6-11-15-10-5-4-9-13-7-2-1-3-8-13/h1-3,7-8,15H,4-6,9-12H2. The van der Waals surface area contributed by atoms with Crippen LogP contribution in [0.15, 0.2) is 35.4 Å². The van der Waals surface area contributed by atoms with Crippen LogP contribution in [0, 0.1) is 0 Å². The van der Waals surface area contributed by atoms with E-state index in [1.165, 1.54) is 18.4 Å². The molecule has 4 heteroatoms. The van der Waals surface area contributed by atoms with Gasteiger partial charge >= 0.3 is 0 Å². The van der Waals surface area contributed by atoms with E-state index in [2.05, 4.69) is 45.7 Å². The van der Waals surface area contributed by atoms with Crippen LogP contribution in [-0.4, -0.2) is 19.6 Å². The number of unbranched alkanes of at least 4 members (excludes halogenated alkanes) is 1. The number of benzene rings is 1. The Kier molecular flexibility index (Phi) is 7.73. The lowest BCUT2D eigenvalue weighted by Gasteiger charge is -2.03. The van der Waals surface area contributed by atoms with E-state index in [4.69, 9.17) is 5.53 Å². The maximum Gasteiger partial charge on any atom is 0.0269 e. The number of rotatable bonds is 9. The molecule has 0 heterocycles. The van der Waals surface area contributed by atoms with Crippen molar-refractivity contribution in [2.75, 3.05) is 19.6 Å². The SMILES string of the molecule is [N-]=[N+]=NCCCNCCCCc1ccccc1. The highest BCUT2D eigenvalue weighted by Crippen LogP contribution is 2.03. The van der Waals surface area contributed by atoms with Crippen LogP contribution in [0.4, 0.5) is 0 Å². The summed E-state index contributed by atoms with van der Waals surface area (Å²) in [4.78, 5) is 2.71. The van der Waals surface area contributed by atoms with E-state index in [1.54, 1.807) is 0 Å². The second kappa shape index (κ2) is 9.70. The number of aryl methyl sites for hydroxylation is 1. The smallest absolute Gasteiger partial charge is 0.0269 e. The average Bonchev–Trinajstić information content (AvgIpc) is 2.38. The van der Waals surface area contributed by atoms with Gasteiger partial charge in [-0.1, -0.05) is 35.4 Å². The van der Waals surface area contributed by atoms with Crippen LogP contribution in [0.25, 0.3) is 10.4 Å². The second-order valence-electron chi connectivity index (χ2n) is 4.00. The molecule has 0 aliphatic rings. The van der Waals surface area contributed by atoms with Crippen molar-refractivity contribution < 1.29 is 0 Å². The molecule has 0 amide bonds. The average molecular weight is 232 g/mol. The van der Waals surface area contributed by atoms with E-state index in [-0.39, 0.29) is 0 Å². The van der Waals surface area contributed by atoms with Crippen LogP contribution >= 0.6 is 0 Å². The summed E-state index contributed by atoms with van der Waals surface area (Å²) in [5.74, 6) is 0. The van der Waals surface area contributed by atoms with Crippen molar-refractivity contribution in [1.82, 2.24) is 5.32 Å². The highest BCUT2D eigenvalue weighted by atomic mass is 15.1. The molecule has 1 rings (SSSR count). The largest absolute Gasteiger partial charge is 0.317 e. The van der Waals surface area contributed by atoms with E-state index in [9.17, 15) is 0 Å². The minimum absolute atomic E-state index is 0.591. The Labute approximate surface area is 103 Å². The monoisotopic (exact) mass is 232 g/mol. The number of nitrogens with one attached hydrogen (secondary N) is 1. The predicted octanol–water partition coefficient (Wildman–Crippen LogP) is 3.30. The fraction of sp³-hybridized carbons (Fsp3) is 0.538. The van der Waals surface area contributed by atoms with E-state index < -0.39 is 0 Å². The van der Waals surface area contributed by atoms with E-state index in [1.807, 2.05) is 0 Å². The zero-order valence-corrected chi connectivity index (χ0v) is 10.2. The number of hydrogen-bond donors (Lipinski definition) is 1. The number of azide groups is 1. The first-order valence-electron chi connectivity index (χ1n) is 6.19. The summed E-state index contributed by atoms with van der Waals surface area (Å²) >= 11 is 0. The molecule has 0 aliphatic carbocycles. The molecule has 0 saturated heterocycles. The van der Waals surface area contributed by atoms with Gasteiger partial charge in [-0.25, -0.2) is 0 Å². The first kappa shape index (κ1) is 13.6. The molecular formula is C13H20N4. The van der Waals surface area contributed by atoms with Crippen LogP contribution in [0.5, 0.6) is 0 Å². The predicted molar refractivity (Wildman–Crippen MR) is 70.9 cm³/mol. The Bertz CT molecular complexity index is 331. The quantitative estimate of drug-likeness (QED) is 0.302. The van der Waals surface area contributed by atoms with E-state index in [0.29, 0.717) is 6.54 Å². The molecule has 0 radical (unpaired) electrons. The molecule has 0 fully saturated rings. The fourth-order valence-electron chi connectivity index (χ4n) is 1.67. The first-order chi connectivity index (χ1) is 8.43. The maximum absolute atomic E-state index is 8.09. The lowest BCUT2D eigenvalue weighted by molar-refractivity contribution is 0.607. The van der Waals surface area contributed by atoms with Gasteiger partial charge in [-0.2, -0.15) is 0 Å². The van der Waals surface area contributed by atoms with Gasteiger partial charge in [0.25, 0.3) is 0 Å². The first-order valence-corrected chi connectivity index (χ1v) is 6.19. The molecule has 0 atom stereocenters. The summed E-state index contributed by atoms with van der Waals surface area (Å²) in [5.41, 5.74) is 9.50. The molecular weight excluding hydrogens is 212 g/mol. The summed E-state index contributed by atoms with van der Waals surface area (Å²) in [6, 6.07) is 10.6. The Morgan fingerprint density at radius 1 is 1.06 bits per heavy atom. The van der Waals surface area contributed by atoms with Gasteiger partial charge < -0.3 is 5.32 Å². The molecule has 0 unspecified atom stereocenters. The van der Waals surface area contributed by atoms with Gasteiger partial charge in [-0.3, -0.25) is 0 Å². The van der Waals surface area contributed by atoms with Crippen molar-refractivity contribution in [3.8, 4) is 0 Å². The zero-order chi connectivity index (χ0) is 12.2. The lowest BCUT2D eigenvalue weighted by atomic mass is 10.1. The molecule has 17 heavy (non-hydrogen) atoms. The van der Waals surface area contributed by atoms with Crippen LogP contribution in [0.1, 0.15) is 24.8 Å². The third-order valence-corrected chi connectivity index (χ3v) is 2.59. The van der Waals surface area contributed by atoms with Crippen LogP contribution in [0.2, 0.25) is 0 Å². The third-order valence-electron chi connectivity index (χ3n) is 2.59. The van der Waals surface area contributed by atoms with Crippen molar-refractivity contribution in [3.05, 3.63) is 46.3 Å². The van der Waals surface area contributed by atoms with Crippen molar-refractivity contribution in [3.63, 3.8) is 0 Å². The van der Waals surface area contributed by atoms with Crippen molar-refractivity contribution in [2.45, 2.75) is 25.7 Å². The second-order valence-corrected chi connectivity index (χ2v) is 4.00. The van der Waals surface area contributed by atoms with Crippen molar-refractivity contribution in [2.24, 2.45) is 5.11 Å². The molecule has 92 valence electrons. The van der Waals surface area contributed by atoms with E-state index >= 15 is 0 Å². The van der Waals surface area contributed by atoms with Gasteiger partial charge in [0, 0.05) is 11.5 Å². The highest BCUT2D eigenvalue weighted by molar-refractivity contribution is 5.14. The van der Waals surface area contributed by atoms with Gasteiger partial charge in [0.05, 0.1) is 0 Å². The van der Waals surface area contributed by atoms with E-state index in [0.717, 1.165) is 25.9 Å². The van der Waals surface area contributed by atoms with Gasteiger partial charge in [-0.15, -0.1) is 0 Å². The summed E-state index contributed by atoms with van der Waals surface area (Å²) in [7, 11) is 0. The van der Waals surface area contributed by atoms with Gasteiger partial charge in [0.15, 0.2) is 0 Å².